The number of sulfonamides is 1. The maximum atomic E-state index is 11.3. The normalized spacial score (nSPS) is 14.3. The Morgan fingerprint density at radius 3 is 2.92 bits per heavy atom. The Morgan fingerprint density at radius 2 is 2.46 bits per heavy atom. The zero-order valence-corrected chi connectivity index (χ0v) is 7.87. The summed E-state index contributed by atoms with van der Waals surface area (Å²) in [6.45, 7) is 1.48. The van der Waals surface area contributed by atoms with E-state index in [0.29, 0.717) is 0 Å². The van der Waals surface area contributed by atoms with E-state index in [1.54, 1.807) is 0 Å². The van der Waals surface area contributed by atoms with Gasteiger partial charge >= 0.3 is 0 Å². The summed E-state index contributed by atoms with van der Waals surface area (Å²) in [7, 11) is -3.54. The first-order valence-electron chi connectivity index (χ1n) is 3.69. The molecule has 0 aliphatic rings. The third-order valence-corrected chi connectivity index (χ3v) is 2.69. The molecule has 0 spiro atoms. The number of nitrogens with zero attached hydrogens (tertiary/aromatic N) is 1. The van der Waals surface area contributed by atoms with Crippen LogP contribution in [-0.4, -0.2) is 36.4 Å². The number of hydrogen-bond donors (Lipinski definition) is 3. The molecule has 1 aromatic heterocycles. The van der Waals surface area contributed by atoms with Crippen molar-refractivity contribution in [3.63, 3.8) is 0 Å². The van der Waals surface area contributed by atoms with Crippen LogP contribution in [0.15, 0.2) is 17.3 Å². The van der Waals surface area contributed by atoms with Crippen LogP contribution in [0.1, 0.15) is 6.92 Å². The van der Waals surface area contributed by atoms with Crippen molar-refractivity contribution in [2.45, 2.75) is 18.1 Å². The van der Waals surface area contributed by atoms with Gasteiger partial charge in [0.25, 0.3) is 10.0 Å². The van der Waals surface area contributed by atoms with Crippen LogP contribution in [0.4, 0.5) is 0 Å². The van der Waals surface area contributed by atoms with Gasteiger partial charge < -0.3 is 5.11 Å². The highest BCUT2D eigenvalue weighted by Gasteiger charge is 2.15. The minimum atomic E-state index is -3.54. The Labute approximate surface area is 76.0 Å². The van der Waals surface area contributed by atoms with Gasteiger partial charge in [-0.25, -0.2) is 13.1 Å². The molecule has 0 bridgehead atoms. The fourth-order valence-corrected chi connectivity index (χ4v) is 1.73. The van der Waals surface area contributed by atoms with Gasteiger partial charge in [-0.15, -0.1) is 0 Å². The maximum absolute atomic E-state index is 11.3. The van der Waals surface area contributed by atoms with Crippen molar-refractivity contribution >= 4 is 10.0 Å². The molecular weight excluding hydrogens is 194 g/mol. The zero-order chi connectivity index (χ0) is 9.90. The fourth-order valence-electron chi connectivity index (χ4n) is 0.701. The molecule has 0 radical (unpaired) electrons. The predicted molar refractivity (Wildman–Crippen MR) is 45.5 cm³/mol. The van der Waals surface area contributed by atoms with Crippen molar-refractivity contribution in [2.75, 3.05) is 6.54 Å². The lowest BCUT2D eigenvalue weighted by Crippen LogP contribution is -2.30. The molecule has 0 fully saturated rings. The maximum Gasteiger partial charge on any atom is 0.257 e. The van der Waals surface area contributed by atoms with E-state index in [1.807, 2.05) is 0 Å². The van der Waals surface area contributed by atoms with Crippen molar-refractivity contribution in [1.29, 1.82) is 0 Å². The molecule has 0 unspecified atom stereocenters. The topological polar surface area (TPSA) is 95.1 Å². The molecule has 0 aromatic carbocycles. The second-order valence-electron chi connectivity index (χ2n) is 2.62. The summed E-state index contributed by atoms with van der Waals surface area (Å²) in [5.74, 6) is 0. The monoisotopic (exact) mass is 205 g/mol. The Kier molecular flexibility index (Phi) is 3.02. The lowest BCUT2D eigenvalue weighted by Gasteiger charge is -2.05. The third kappa shape index (κ3) is 2.79. The van der Waals surface area contributed by atoms with Gasteiger partial charge in [-0.3, -0.25) is 5.10 Å². The van der Waals surface area contributed by atoms with Gasteiger partial charge in [-0.2, -0.15) is 5.10 Å². The number of H-pyrrole nitrogens is 1. The molecule has 1 aromatic rings. The number of aromatic nitrogens is 2. The zero-order valence-electron chi connectivity index (χ0n) is 7.06. The molecule has 0 aliphatic heterocycles. The third-order valence-electron chi connectivity index (χ3n) is 1.33. The summed E-state index contributed by atoms with van der Waals surface area (Å²) in [4.78, 5) is 0. The smallest absolute Gasteiger partial charge is 0.257 e. The van der Waals surface area contributed by atoms with E-state index in [9.17, 15) is 8.42 Å². The summed E-state index contributed by atoms with van der Waals surface area (Å²) in [6, 6.07) is 1.34. The van der Waals surface area contributed by atoms with Gasteiger partial charge in [0.1, 0.15) is 0 Å². The Bertz CT molecular complexity index is 343. The van der Waals surface area contributed by atoms with Crippen LogP contribution in [0.2, 0.25) is 0 Å². The summed E-state index contributed by atoms with van der Waals surface area (Å²) in [6.07, 6.45) is 0.634. The first-order valence-corrected chi connectivity index (χ1v) is 5.18. The molecule has 0 amide bonds. The molecule has 1 rings (SSSR count). The lowest BCUT2D eigenvalue weighted by atomic mass is 10.4. The number of aliphatic hydroxyl groups is 1. The Morgan fingerprint density at radius 1 is 1.77 bits per heavy atom. The van der Waals surface area contributed by atoms with Crippen LogP contribution in [-0.2, 0) is 10.0 Å². The quantitative estimate of drug-likeness (QED) is 0.591. The van der Waals surface area contributed by atoms with Gasteiger partial charge in [0.15, 0.2) is 5.03 Å². The second-order valence-corrected chi connectivity index (χ2v) is 4.36. The van der Waals surface area contributed by atoms with E-state index < -0.39 is 16.1 Å². The summed E-state index contributed by atoms with van der Waals surface area (Å²) in [5.41, 5.74) is 0. The van der Waals surface area contributed by atoms with Gasteiger partial charge in [0.2, 0.25) is 0 Å². The molecule has 1 atom stereocenters. The van der Waals surface area contributed by atoms with Gasteiger partial charge in [0.05, 0.1) is 12.3 Å². The predicted octanol–water partition coefficient (Wildman–Crippen LogP) is -0.931. The molecule has 0 aliphatic carbocycles. The average molecular weight is 205 g/mol. The van der Waals surface area contributed by atoms with Gasteiger partial charge in [-0.05, 0) is 13.0 Å². The van der Waals surface area contributed by atoms with E-state index in [2.05, 4.69) is 14.9 Å². The molecule has 0 saturated carbocycles. The number of aliphatic hydroxyl groups excluding tert-OH is 1. The standard InChI is InChI=1S/C6H11N3O3S/c1-5(10)4-8-13(11,12)6-2-3-7-9-6/h2-3,5,8,10H,4H2,1H3,(H,7,9)/t5-/m0/s1. The Balaban J connectivity index is 2.68. The van der Waals surface area contributed by atoms with Crippen molar-refractivity contribution in [2.24, 2.45) is 0 Å². The highest BCUT2D eigenvalue weighted by Crippen LogP contribution is 2.01. The van der Waals surface area contributed by atoms with E-state index in [-0.39, 0.29) is 11.6 Å². The first-order chi connectivity index (χ1) is 6.02. The average Bonchev–Trinajstić information content (AvgIpc) is 2.53. The van der Waals surface area contributed by atoms with E-state index >= 15 is 0 Å². The van der Waals surface area contributed by atoms with Crippen LogP contribution < -0.4 is 4.72 Å². The van der Waals surface area contributed by atoms with Crippen LogP contribution >= 0.6 is 0 Å². The summed E-state index contributed by atoms with van der Waals surface area (Å²) in [5, 5.41) is 14.7. The molecule has 6 nitrogen and oxygen atoms in total. The van der Waals surface area contributed by atoms with Crippen LogP contribution in [0.5, 0.6) is 0 Å². The van der Waals surface area contributed by atoms with E-state index in [4.69, 9.17) is 5.11 Å². The van der Waals surface area contributed by atoms with E-state index in [0.717, 1.165) is 0 Å². The van der Waals surface area contributed by atoms with Crippen LogP contribution in [0.3, 0.4) is 0 Å². The van der Waals surface area contributed by atoms with Gasteiger partial charge in [-0.1, -0.05) is 0 Å². The lowest BCUT2D eigenvalue weighted by molar-refractivity contribution is 0.198. The molecule has 13 heavy (non-hydrogen) atoms. The number of rotatable bonds is 4. The number of nitrogens with one attached hydrogen (secondary N) is 2. The van der Waals surface area contributed by atoms with Crippen molar-refractivity contribution < 1.29 is 13.5 Å². The fraction of sp³-hybridized carbons (Fsp3) is 0.500. The SMILES string of the molecule is C[C@H](O)CNS(=O)(=O)c1ccn[nH]1. The minimum Gasteiger partial charge on any atom is -0.392 e. The van der Waals surface area contributed by atoms with E-state index in [1.165, 1.54) is 19.2 Å². The Hall–Kier alpha value is -0.920. The molecular formula is C6H11N3O3S. The molecule has 3 N–H and O–H groups in total. The molecule has 1 heterocycles. The summed E-state index contributed by atoms with van der Waals surface area (Å²) < 4.78 is 24.8. The van der Waals surface area contributed by atoms with Crippen LogP contribution in [0, 0.1) is 0 Å². The largest absolute Gasteiger partial charge is 0.392 e. The number of aromatic amines is 1. The highest BCUT2D eigenvalue weighted by atomic mass is 32.2. The van der Waals surface area contributed by atoms with Crippen molar-refractivity contribution in [1.82, 2.24) is 14.9 Å². The van der Waals surface area contributed by atoms with Crippen molar-refractivity contribution in [3.05, 3.63) is 12.3 Å². The first kappa shape index (κ1) is 10.2. The second kappa shape index (κ2) is 3.86. The molecule has 74 valence electrons. The minimum absolute atomic E-state index is 0.00634. The molecule has 7 heteroatoms. The highest BCUT2D eigenvalue weighted by molar-refractivity contribution is 7.89. The van der Waals surface area contributed by atoms with Gasteiger partial charge in [0, 0.05) is 6.54 Å². The van der Waals surface area contributed by atoms with Crippen LogP contribution in [0.25, 0.3) is 0 Å². The summed E-state index contributed by atoms with van der Waals surface area (Å²) >= 11 is 0. The van der Waals surface area contributed by atoms with Crippen molar-refractivity contribution in [3.8, 4) is 0 Å². The number of hydrogen-bond acceptors (Lipinski definition) is 4. The molecule has 0 saturated heterocycles.